The largest absolute Gasteiger partial charge is 0.324 e. The Morgan fingerprint density at radius 3 is 2.27 bits per heavy atom. The molecule has 0 atom stereocenters. The number of aromatic nitrogens is 2. The maximum absolute atomic E-state index is 12.7. The first-order valence-corrected chi connectivity index (χ1v) is 9.71. The zero-order valence-corrected chi connectivity index (χ0v) is 17.2. The number of nitrogens with one attached hydrogen (secondary N) is 2. The fraction of sp³-hybridized carbons (Fsp3) is 0.217. The van der Waals surface area contributed by atoms with Crippen LogP contribution in [-0.2, 0) is 22.6 Å². The summed E-state index contributed by atoms with van der Waals surface area (Å²) < 4.78 is 1.07. The molecule has 0 bridgehead atoms. The third-order valence-electron chi connectivity index (χ3n) is 4.57. The zero-order valence-electron chi connectivity index (χ0n) is 17.2. The average Bonchev–Trinajstić information content (AvgIpc) is 2.72. The molecule has 7 nitrogen and oxygen atoms in total. The van der Waals surface area contributed by atoms with Gasteiger partial charge < -0.3 is 10.6 Å². The van der Waals surface area contributed by atoms with Crippen LogP contribution in [0.3, 0.4) is 0 Å². The molecular formula is C23H24N4O3. The van der Waals surface area contributed by atoms with Gasteiger partial charge in [0.2, 0.25) is 11.8 Å². The zero-order chi connectivity index (χ0) is 21.7. The highest BCUT2D eigenvalue weighted by molar-refractivity contribution is 5.91. The minimum Gasteiger partial charge on any atom is -0.324 e. The van der Waals surface area contributed by atoms with Crippen molar-refractivity contribution in [3.05, 3.63) is 76.1 Å². The number of nitrogens with zero attached hydrogens (tertiary/aromatic N) is 2. The van der Waals surface area contributed by atoms with Crippen molar-refractivity contribution in [2.45, 2.75) is 33.7 Å². The SMILES string of the molecule is CCc1ccc(-c2cc(NC(C)=O)c(=O)n(CC(=O)Nc3ccc(C)cc3)n2)cc1. The second-order valence-electron chi connectivity index (χ2n) is 7.05. The third-order valence-corrected chi connectivity index (χ3v) is 4.57. The van der Waals surface area contributed by atoms with Crippen LogP contribution >= 0.6 is 0 Å². The highest BCUT2D eigenvalue weighted by Gasteiger charge is 2.14. The minimum absolute atomic E-state index is 0.0789. The smallest absolute Gasteiger partial charge is 0.291 e. The van der Waals surface area contributed by atoms with Crippen molar-refractivity contribution in [1.29, 1.82) is 0 Å². The van der Waals surface area contributed by atoms with E-state index in [9.17, 15) is 14.4 Å². The van der Waals surface area contributed by atoms with Crippen molar-refractivity contribution in [2.24, 2.45) is 0 Å². The van der Waals surface area contributed by atoms with E-state index in [4.69, 9.17) is 0 Å². The first kappa shape index (κ1) is 21.0. The van der Waals surface area contributed by atoms with E-state index >= 15 is 0 Å². The lowest BCUT2D eigenvalue weighted by Crippen LogP contribution is -2.32. The molecule has 0 aliphatic heterocycles. The normalized spacial score (nSPS) is 10.5. The van der Waals surface area contributed by atoms with E-state index in [1.807, 2.05) is 43.3 Å². The van der Waals surface area contributed by atoms with Crippen LogP contribution in [0.15, 0.2) is 59.4 Å². The summed E-state index contributed by atoms with van der Waals surface area (Å²) in [4.78, 5) is 36.8. The number of aryl methyl sites for hydroxylation is 2. The van der Waals surface area contributed by atoms with E-state index < -0.39 is 5.56 Å². The molecule has 0 saturated heterocycles. The van der Waals surface area contributed by atoms with E-state index in [2.05, 4.69) is 22.7 Å². The lowest BCUT2D eigenvalue weighted by Gasteiger charge is -2.12. The predicted molar refractivity (Wildman–Crippen MR) is 117 cm³/mol. The van der Waals surface area contributed by atoms with Gasteiger partial charge in [0.25, 0.3) is 5.56 Å². The van der Waals surface area contributed by atoms with Gasteiger partial charge in [-0.3, -0.25) is 14.4 Å². The standard InChI is InChI=1S/C23H24N4O3/c1-4-17-7-9-18(10-8-17)20-13-21(24-16(3)28)23(30)27(26-20)14-22(29)25-19-11-5-15(2)6-12-19/h5-13H,4,14H2,1-3H3,(H,24,28)(H,25,29). The Hall–Kier alpha value is -3.74. The number of amides is 2. The Morgan fingerprint density at radius 2 is 1.67 bits per heavy atom. The summed E-state index contributed by atoms with van der Waals surface area (Å²) in [6.07, 6.45) is 0.906. The molecule has 3 rings (SSSR count). The molecule has 0 aliphatic rings. The van der Waals surface area contributed by atoms with Crippen molar-refractivity contribution < 1.29 is 9.59 Å². The quantitative estimate of drug-likeness (QED) is 0.659. The molecule has 7 heteroatoms. The van der Waals surface area contributed by atoms with Crippen LogP contribution in [0.4, 0.5) is 11.4 Å². The van der Waals surface area contributed by atoms with Crippen LogP contribution in [0.25, 0.3) is 11.3 Å². The van der Waals surface area contributed by atoms with Crippen molar-refractivity contribution >= 4 is 23.2 Å². The van der Waals surface area contributed by atoms with Crippen LogP contribution in [0.1, 0.15) is 25.0 Å². The molecule has 0 aliphatic carbocycles. The first-order valence-electron chi connectivity index (χ1n) is 9.71. The highest BCUT2D eigenvalue weighted by atomic mass is 16.2. The highest BCUT2D eigenvalue weighted by Crippen LogP contribution is 2.19. The summed E-state index contributed by atoms with van der Waals surface area (Å²) in [5, 5.41) is 9.64. The molecule has 2 amide bonds. The van der Waals surface area contributed by atoms with Gasteiger partial charge in [-0.25, -0.2) is 4.68 Å². The molecule has 154 valence electrons. The minimum atomic E-state index is -0.543. The maximum atomic E-state index is 12.7. The molecule has 0 saturated carbocycles. The van der Waals surface area contributed by atoms with Gasteiger partial charge in [0.1, 0.15) is 12.2 Å². The Bertz CT molecular complexity index is 1120. The molecule has 1 aromatic heterocycles. The number of benzene rings is 2. The average molecular weight is 404 g/mol. The van der Waals surface area contributed by atoms with Gasteiger partial charge >= 0.3 is 0 Å². The van der Waals surface area contributed by atoms with Gasteiger partial charge in [-0.15, -0.1) is 0 Å². The van der Waals surface area contributed by atoms with Crippen LogP contribution in [0.5, 0.6) is 0 Å². The van der Waals surface area contributed by atoms with Crippen LogP contribution in [-0.4, -0.2) is 21.6 Å². The van der Waals surface area contributed by atoms with Crippen molar-refractivity contribution in [2.75, 3.05) is 10.6 Å². The Balaban J connectivity index is 1.92. The molecule has 0 radical (unpaired) electrons. The van der Waals surface area contributed by atoms with Crippen LogP contribution in [0, 0.1) is 6.92 Å². The molecule has 2 N–H and O–H groups in total. The fourth-order valence-corrected chi connectivity index (χ4v) is 2.95. The molecule has 0 fully saturated rings. The van der Waals surface area contributed by atoms with Crippen molar-refractivity contribution in [1.82, 2.24) is 9.78 Å². The Kier molecular flexibility index (Phi) is 6.41. The summed E-state index contributed by atoms with van der Waals surface area (Å²) in [6, 6.07) is 16.6. The predicted octanol–water partition coefficient (Wildman–Crippen LogP) is 3.38. The summed E-state index contributed by atoms with van der Waals surface area (Å²) in [5.74, 6) is -0.762. The van der Waals surface area contributed by atoms with E-state index in [-0.39, 0.29) is 24.0 Å². The summed E-state index contributed by atoms with van der Waals surface area (Å²) >= 11 is 0. The van der Waals surface area contributed by atoms with Gasteiger partial charge in [0.05, 0.1) is 5.69 Å². The van der Waals surface area contributed by atoms with E-state index in [0.717, 1.165) is 22.2 Å². The monoisotopic (exact) mass is 404 g/mol. The fourth-order valence-electron chi connectivity index (χ4n) is 2.95. The number of hydrogen-bond acceptors (Lipinski definition) is 4. The van der Waals surface area contributed by atoms with Gasteiger partial charge in [-0.1, -0.05) is 48.9 Å². The van der Waals surface area contributed by atoms with Crippen molar-refractivity contribution in [3.63, 3.8) is 0 Å². The molecule has 30 heavy (non-hydrogen) atoms. The van der Waals surface area contributed by atoms with E-state index in [1.165, 1.54) is 18.6 Å². The molecule has 0 unspecified atom stereocenters. The number of carbonyl (C=O) groups excluding carboxylic acids is 2. The molecule has 1 heterocycles. The molecule has 3 aromatic rings. The first-order chi connectivity index (χ1) is 14.4. The van der Waals surface area contributed by atoms with Gasteiger partial charge in [0.15, 0.2) is 0 Å². The lowest BCUT2D eigenvalue weighted by atomic mass is 10.1. The molecular weight excluding hydrogens is 380 g/mol. The third kappa shape index (κ3) is 5.20. The van der Waals surface area contributed by atoms with Crippen LogP contribution < -0.4 is 16.2 Å². The second-order valence-corrected chi connectivity index (χ2v) is 7.05. The lowest BCUT2D eigenvalue weighted by molar-refractivity contribution is -0.117. The van der Waals surface area contributed by atoms with Crippen molar-refractivity contribution in [3.8, 4) is 11.3 Å². The second kappa shape index (κ2) is 9.17. The van der Waals surface area contributed by atoms with E-state index in [1.54, 1.807) is 12.1 Å². The summed E-state index contributed by atoms with van der Waals surface area (Å²) in [7, 11) is 0. The molecule has 2 aromatic carbocycles. The summed E-state index contributed by atoms with van der Waals surface area (Å²) in [5.41, 5.74) is 3.69. The number of hydrogen-bond donors (Lipinski definition) is 2. The Morgan fingerprint density at radius 1 is 1.00 bits per heavy atom. The summed E-state index contributed by atoms with van der Waals surface area (Å²) in [6.45, 7) is 5.07. The maximum Gasteiger partial charge on any atom is 0.291 e. The van der Waals surface area contributed by atoms with Gasteiger partial charge in [-0.2, -0.15) is 5.10 Å². The van der Waals surface area contributed by atoms with Gasteiger partial charge in [0, 0.05) is 18.2 Å². The number of carbonyl (C=O) groups is 2. The van der Waals surface area contributed by atoms with E-state index in [0.29, 0.717) is 11.4 Å². The topological polar surface area (TPSA) is 93.1 Å². The Labute approximate surface area is 174 Å². The number of rotatable bonds is 6. The number of anilines is 2. The van der Waals surface area contributed by atoms with Gasteiger partial charge in [-0.05, 0) is 37.1 Å². The molecule has 0 spiro atoms. The van der Waals surface area contributed by atoms with Crippen LogP contribution in [0.2, 0.25) is 0 Å².